The molecule has 1 rings (SSSR count). The fourth-order valence-electron chi connectivity index (χ4n) is 1.36. The number of hydrogen-bond acceptors (Lipinski definition) is 4. The van der Waals surface area contributed by atoms with Crippen LogP contribution in [0.4, 0.5) is 0 Å². The molecule has 0 aliphatic carbocycles. The number of carboxylic acid groups (broad SMARTS) is 1. The molecule has 17 heavy (non-hydrogen) atoms. The Labute approximate surface area is 103 Å². The number of aliphatic hydroxyl groups excluding tert-OH is 2. The number of aliphatic carboxylic acids is 1. The van der Waals surface area contributed by atoms with Gasteiger partial charge in [-0.15, -0.1) is 0 Å². The summed E-state index contributed by atoms with van der Waals surface area (Å²) in [5, 5.41) is 27.6. The number of hydrogen-bond donors (Lipinski definition) is 4. The van der Waals surface area contributed by atoms with Gasteiger partial charge in [-0.05, 0) is 5.56 Å². The van der Waals surface area contributed by atoms with E-state index < -0.39 is 24.6 Å². The van der Waals surface area contributed by atoms with Gasteiger partial charge in [0.05, 0.1) is 12.5 Å². The molecule has 2 atom stereocenters. The Kier molecular flexibility index (Phi) is 4.56. The molecule has 1 aromatic rings. The highest BCUT2D eigenvalue weighted by Crippen LogP contribution is 2.19. The summed E-state index contributed by atoms with van der Waals surface area (Å²) in [4.78, 5) is 10.6. The quantitative estimate of drug-likeness (QED) is 0.560. The lowest BCUT2D eigenvalue weighted by molar-refractivity contribution is -0.141. The zero-order valence-corrected chi connectivity index (χ0v) is 9.72. The van der Waals surface area contributed by atoms with Gasteiger partial charge >= 0.3 is 5.97 Å². The van der Waals surface area contributed by atoms with E-state index in [-0.39, 0.29) is 4.99 Å². The smallest absolute Gasteiger partial charge is 0.306 e. The van der Waals surface area contributed by atoms with Gasteiger partial charge in [-0.2, -0.15) is 0 Å². The molecule has 0 spiro atoms. The molecular formula is C11H13NO4S. The summed E-state index contributed by atoms with van der Waals surface area (Å²) in [7, 11) is 0. The Morgan fingerprint density at radius 1 is 1.29 bits per heavy atom. The van der Waals surface area contributed by atoms with Gasteiger partial charge < -0.3 is 21.1 Å². The lowest BCUT2D eigenvalue weighted by Crippen LogP contribution is -2.21. The first kappa shape index (κ1) is 13.6. The lowest BCUT2D eigenvalue weighted by atomic mass is 10.0. The standard InChI is InChI=1S/C11H13NO4S/c12-11(17)7-3-1-6(2-4-7)10(16)8(13)5-9(14)15/h1-4,8,10,13,16H,5H2,(H2,12,17)(H,14,15). The van der Waals surface area contributed by atoms with E-state index in [1.807, 2.05) is 0 Å². The molecule has 2 unspecified atom stereocenters. The summed E-state index contributed by atoms with van der Waals surface area (Å²) in [5.74, 6) is -1.17. The lowest BCUT2D eigenvalue weighted by Gasteiger charge is -2.16. The van der Waals surface area contributed by atoms with Gasteiger partial charge in [0.2, 0.25) is 0 Å². The fourth-order valence-corrected chi connectivity index (χ4v) is 1.49. The average molecular weight is 255 g/mol. The van der Waals surface area contributed by atoms with Gasteiger partial charge in [0.1, 0.15) is 11.1 Å². The van der Waals surface area contributed by atoms with E-state index in [0.717, 1.165) is 0 Å². The van der Waals surface area contributed by atoms with Crippen LogP contribution in [-0.4, -0.2) is 32.4 Å². The summed E-state index contributed by atoms with van der Waals surface area (Å²) in [6, 6.07) is 6.30. The van der Waals surface area contributed by atoms with Crippen LogP contribution in [0.1, 0.15) is 23.7 Å². The molecule has 0 saturated heterocycles. The molecule has 0 saturated carbocycles. The minimum Gasteiger partial charge on any atom is -0.481 e. The van der Waals surface area contributed by atoms with Crippen LogP contribution >= 0.6 is 12.2 Å². The van der Waals surface area contributed by atoms with Gasteiger partial charge in [-0.1, -0.05) is 36.5 Å². The first-order valence-corrected chi connectivity index (χ1v) is 5.30. The fraction of sp³-hybridized carbons (Fsp3) is 0.273. The highest BCUT2D eigenvalue weighted by Gasteiger charge is 2.20. The van der Waals surface area contributed by atoms with Crippen molar-refractivity contribution < 1.29 is 20.1 Å². The van der Waals surface area contributed by atoms with Crippen LogP contribution in [0.3, 0.4) is 0 Å². The van der Waals surface area contributed by atoms with E-state index >= 15 is 0 Å². The summed E-state index contributed by atoms with van der Waals surface area (Å²) in [6.07, 6.45) is -3.10. The number of thiocarbonyl (C=S) groups is 1. The highest BCUT2D eigenvalue weighted by molar-refractivity contribution is 7.80. The van der Waals surface area contributed by atoms with Crippen molar-refractivity contribution in [1.29, 1.82) is 0 Å². The van der Waals surface area contributed by atoms with Crippen molar-refractivity contribution in [2.75, 3.05) is 0 Å². The van der Waals surface area contributed by atoms with Crippen molar-refractivity contribution in [2.45, 2.75) is 18.6 Å². The Balaban J connectivity index is 2.78. The van der Waals surface area contributed by atoms with Gasteiger partial charge in [0.25, 0.3) is 0 Å². The SMILES string of the molecule is NC(=S)c1ccc(C(O)C(O)CC(=O)O)cc1. The second kappa shape index (κ2) is 5.72. The molecule has 0 amide bonds. The molecule has 0 heterocycles. The van der Waals surface area contributed by atoms with Gasteiger partial charge in [0, 0.05) is 5.56 Å². The molecule has 5 N–H and O–H groups in total. The summed E-state index contributed by atoms with van der Waals surface area (Å²) in [5.41, 5.74) is 6.47. The minimum absolute atomic E-state index is 0.233. The maximum atomic E-state index is 10.4. The molecule has 92 valence electrons. The molecule has 0 radical (unpaired) electrons. The van der Waals surface area contributed by atoms with Crippen molar-refractivity contribution in [3.63, 3.8) is 0 Å². The number of nitrogens with two attached hydrogens (primary N) is 1. The number of rotatable bonds is 5. The van der Waals surface area contributed by atoms with E-state index in [4.69, 9.17) is 23.1 Å². The van der Waals surface area contributed by atoms with Crippen LogP contribution in [-0.2, 0) is 4.79 Å². The third-order valence-electron chi connectivity index (χ3n) is 2.28. The van der Waals surface area contributed by atoms with Crippen molar-refractivity contribution >= 4 is 23.2 Å². The molecule has 1 aromatic carbocycles. The monoisotopic (exact) mass is 255 g/mol. The second-order valence-corrected chi connectivity index (χ2v) is 4.04. The molecule has 0 bridgehead atoms. The number of aliphatic hydroxyl groups is 2. The van der Waals surface area contributed by atoms with Crippen LogP contribution in [0.25, 0.3) is 0 Å². The Hall–Kier alpha value is -1.50. The van der Waals surface area contributed by atoms with Gasteiger partial charge in [0.15, 0.2) is 0 Å². The minimum atomic E-state index is -1.34. The second-order valence-electron chi connectivity index (χ2n) is 3.60. The predicted molar refractivity (Wildman–Crippen MR) is 65.5 cm³/mol. The first-order valence-electron chi connectivity index (χ1n) is 4.89. The summed E-state index contributed by atoms with van der Waals surface area (Å²) < 4.78 is 0. The molecule has 0 fully saturated rings. The van der Waals surface area contributed by atoms with Crippen molar-refractivity contribution in [3.05, 3.63) is 35.4 Å². The maximum Gasteiger partial charge on any atom is 0.306 e. The Morgan fingerprint density at radius 3 is 2.24 bits per heavy atom. The van der Waals surface area contributed by atoms with Gasteiger partial charge in [-0.25, -0.2) is 0 Å². The molecule has 5 nitrogen and oxygen atoms in total. The normalized spacial score (nSPS) is 14.0. The van der Waals surface area contributed by atoms with Crippen molar-refractivity contribution in [1.82, 2.24) is 0 Å². The number of carbonyl (C=O) groups is 1. The number of benzene rings is 1. The van der Waals surface area contributed by atoms with Crippen LogP contribution in [0.15, 0.2) is 24.3 Å². The van der Waals surface area contributed by atoms with E-state index in [0.29, 0.717) is 11.1 Å². The van der Waals surface area contributed by atoms with Crippen LogP contribution in [0, 0.1) is 0 Å². The molecule has 0 aliphatic rings. The van der Waals surface area contributed by atoms with Crippen molar-refractivity contribution in [3.8, 4) is 0 Å². The van der Waals surface area contributed by atoms with E-state index in [9.17, 15) is 15.0 Å². The predicted octanol–water partition coefficient (Wildman–Crippen LogP) is 0.190. The number of carboxylic acids is 1. The van der Waals surface area contributed by atoms with Gasteiger partial charge in [-0.3, -0.25) is 4.79 Å². The summed E-state index contributed by atoms with van der Waals surface area (Å²) in [6.45, 7) is 0. The molecule has 0 aliphatic heterocycles. The third kappa shape index (κ3) is 3.77. The Bertz CT molecular complexity index is 418. The average Bonchev–Trinajstić information content (AvgIpc) is 2.27. The van der Waals surface area contributed by atoms with Crippen LogP contribution in [0.2, 0.25) is 0 Å². The van der Waals surface area contributed by atoms with E-state index in [2.05, 4.69) is 0 Å². The largest absolute Gasteiger partial charge is 0.481 e. The topological polar surface area (TPSA) is 104 Å². The van der Waals surface area contributed by atoms with E-state index in [1.54, 1.807) is 24.3 Å². The van der Waals surface area contributed by atoms with E-state index in [1.165, 1.54) is 0 Å². The zero-order valence-electron chi connectivity index (χ0n) is 8.91. The highest BCUT2D eigenvalue weighted by atomic mass is 32.1. The first-order chi connectivity index (χ1) is 7.91. The zero-order chi connectivity index (χ0) is 13.0. The Morgan fingerprint density at radius 2 is 1.82 bits per heavy atom. The van der Waals surface area contributed by atoms with Crippen molar-refractivity contribution in [2.24, 2.45) is 5.73 Å². The maximum absolute atomic E-state index is 10.4. The van der Waals surface area contributed by atoms with Crippen LogP contribution < -0.4 is 5.73 Å². The molecular weight excluding hydrogens is 242 g/mol. The molecule has 6 heteroatoms. The summed E-state index contributed by atoms with van der Waals surface area (Å²) >= 11 is 4.77. The van der Waals surface area contributed by atoms with Crippen LogP contribution in [0.5, 0.6) is 0 Å². The third-order valence-corrected chi connectivity index (χ3v) is 2.52. The molecule has 0 aromatic heterocycles.